The number of carbonyl (C=O) groups excluding carboxylic acids is 8. The van der Waals surface area contributed by atoms with Crippen LogP contribution in [0.3, 0.4) is 0 Å². The molecule has 17 N–H and O–H groups in total. The monoisotopic (exact) mass is 1410 g/mol. The molecule has 15 atom stereocenters. The summed E-state index contributed by atoms with van der Waals surface area (Å²) in [6, 6.07) is -3.52. The second kappa shape index (κ2) is 43.8. The van der Waals surface area contributed by atoms with Gasteiger partial charge in [-0.15, -0.1) is 0 Å². The number of nitrogens with one attached hydrogen (secondary N) is 6. The Hall–Kier alpha value is -4.47. The highest BCUT2D eigenvalue weighted by Gasteiger charge is 2.48. The van der Waals surface area contributed by atoms with Gasteiger partial charge in [-0.3, -0.25) is 43.3 Å². The molecule has 0 bridgehead atoms. The summed E-state index contributed by atoms with van der Waals surface area (Å²) in [5.41, 5.74) is 0. The van der Waals surface area contributed by atoms with Crippen molar-refractivity contribution in [1.82, 2.24) is 46.6 Å². The van der Waals surface area contributed by atoms with Crippen LogP contribution in [-0.4, -0.2) is 360 Å². The van der Waals surface area contributed by atoms with Crippen LogP contribution >= 0.6 is 6.72 Å². The maximum Gasteiger partial charge on any atom is 0.322 e. The molecule has 0 aliphatic carbocycles. The van der Waals surface area contributed by atoms with E-state index >= 15 is 0 Å². The lowest BCUT2D eigenvalue weighted by Gasteiger charge is -2.42. The molecule has 4 saturated heterocycles. The molecule has 95 heavy (non-hydrogen) atoms. The second-order valence-corrected chi connectivity index (χ2v) is 25.3. The van der Waals surface area contributed by atoms with Gasteiger partial charge in [-0.1, -0.05) is 0 Å². The van der Waals surface area contributed by atoms with Crippen LogP contribution in [0.5, 0.6) is 0 Å². The maximum atomic E-state index is 13.9. The Morgan fingerprint density at radius 1 is 0.505 bits per heavy atom. The number of piperidine rings is 1. The average Bonchev–Trinajstić information content (AvgIpc) is 0.882. The largest absolute Gasteiger partial charge is 0.394 e. The number of nitrogens with zero attached hydrogens (tertiary/aromatic N) is 3. The number of aliphatic hydroxyl groups is 9. The number of ether oxygens (including phenoxy) is 9. The quantitative estimate of drug-likeness (QED) is 0.0199. The van der Waals surface area contributed by atoms with Crippen LogP contribution in [0.4, 0.5) is 0 Å². The Kier molecular flexibility index (Phi) is 38.3. The molecule has 0 saturated carbocycles. The van der Waals surface area contributed by atoms with Crippen molar-refractivity contribution < 1.29 is 141 Å². The summed E-state index contributed by atoms with van der Waals surface area (Å²) in [7, 11) is 0. The summed E-state index contributed by atoms with van der Waals surface area (Å²) in [5.74, 6) is -4.07. The van der Waals surface area contributed by atoms with E-state index in [0.29, 0.717) is 12.8 Å². The molecule has 40 heteroatoms. The maximum absolute atomic E-state index is 13.9. The van der Waals surface area contributed by atoms with Gasteiger partial charge in [0.25, 0.3) is 0 Å². The number of aliphatic hydroxyl groups excluding tert-OH is 9. The van der Waals surface area contributed by atoms with Gasteiger partial charge in [0, 0.05) is 79.4 Å². The fourth-order valence-electron chi connectivity index (χ4n) is 10.5. The van der Waals surface area contributed by atoms with Gasteiger partial charge >= 0.3 is 6.72 Å². The minimum absolute atomic E-state index is 0.0118. The molecular formula is C55H98N9O29PS. The standard InChI is InChI=1S/C55H98N9O29PS/c1-32(68)59-44-50(79)47(76)36(29-65)90-53(44)87-23-20-84-17-10-56-39(71)26-62(27-40(72)57-11-18-85-21-24-88-54-45(60-33(2)69)51(80)48(77)37(30-66)91-54)13-5-14-64(43(75)7-4-6-42(74)63-15-8-35(9-16-63)93-94(82,83)95)28-41(73)58-12-19-86-22-25-89-55-46(61-34(3)70)52(81)49(78)38(31-67)92-55/h35-38,44-55,65-67,76-81H,4-31H2,1-3H3,(H,56,71)(H,57,72)(H,58,73)(H,59,68)(H,60,69)(H,61,70)(H2,82,83,95). The van der Waals surface area contributed by atoms with Crippen molar-refractivity contribution in [3.8, 4) is 0 Å². The highest BCUT2D eigenvalue weighted by Crippen LogP contribution is 2.40. The third-order valence-corrected chi connectivity index (χ3v) is 16.0. The predicted octanol–water partition coefficient (Wildman–Crippen LogP) is -9.83. The Labute approximate surface area is 554 Å². The third kappa shape index (κ3) is 30.3. The summed E-state index contributed by atoms with van der Waals surface area (Å²) in [6.07, 6.45) is -16.4. The van der Waals surface area contributed by atoms with Crippen molar-refractivity contribution in [2.24, 2.45) is 0 Å². The molecule has 38 nitrogen and oxygen atoms in total. The number of hydrogen-bond acceptors (Lipinski definition) is 29. The van der Waals surface area contributed by atoms with E-state index in [1.54, 1.807) is 4.90 Å². The van der Waals surface area contributed by atoms with Crippen molar-refractivity contribution in [3.05, 3.63) is 0 Å². The normalized spacial score (nSPS) is 27.3. The van der Waals surface area contributed by atoms with Crippen molar-refractivity contribution in [2.45, 2.75) is 157 Å². The van der Waals surface area contributed by atoms with Crippen LogP contribution in [0.2, 0.25) is 0 Å². The van der Waals surface area contributed by atoms with Crippen LogP contribution < -0.4 is 31.9 Å². The van der Waals surface area contributed by atoms with Crippen molar-refractivity contribution in [2.75, 3.05) is 145 Å². The summed E-state index contributed by atoms with van der Waals surface area (Å²) < 4.78 is 55.5. The van der Waals surface area contributed by atoms with E-state index in [0.717, 1.165) is 0 Å². The number of likely N-dealkylation sites (tertiary alicyclic amines) is 1. The molecule has 0 radical (unpaired) electrons. The van der Waals surface area contributed by atoms with Gasteiger partial charge in [0.05, 0.1) is 105 Å². The Bertz CT molecular complexity index is 2330. The second-order valence-electron chi connectivity index (χ2n) is 22.7. The van der Waals surface area contributed by atoms with Crippen molar-refractivity contribution in [3.63, 3.8) is 0 Å². The van der Waals surface area contributed by atoms with E-state index in [9.17, 15) is 94.1 Å². The number of hydrogen-bond donors (Lipinski definition) is 17. The zero-order valence-corrected chi connectivity index (χ0v) is 55.2. The fourth-order valence-corrected chi connectivity index (χ4v) is 11.4. The Morgan fingerprint density at radius 2 is 0.874 bits per heavy atom. The molecule has 8 amide bonds. The van der Waals surface area contributed by atoms with E-state index in [1.807, 2.05) is 0 Å². The van der Waals surface area contributed by atoms with Gasteiger partial charge in [0.2, 0.25) is 47.3 Å². The first kappa shape index (κ1) is 83.0. The molecule has 548 valence electrons. The summed E-state index contributed by atoms with van der Waals surface area (Å²) in [5, 5.41) is 107. The van der Waals surface area contributed by atoms with Gasteiger partial charge in [0.1, 0.15) is 73.1 Å². The summed E-state index contributed by atoms with van der Waals surface area (Å²) in [6.45, 7) is -3.78. The van der Waals surface area contributed by atoms with E-state index in [1.165, 1.54) is 30.6 Å². The predicted molar refractivity (Wildman–Crippen MR) is 326 cm³/mol. The first-order chi connectivity index (χ1) is 45.2. The molecule has 4 heterocycles. The first-order valence-corrected chi connectivity index (χ1v) is 33.9. The smallest absolute Gasteiger partial charge is 0.322 e. The van der Waals surface area contributed by atoms with E-state index in [2.05, 4.69) is 43.7 Å². The van der Waals surface area contributed by atoms with Gasteiger partial charge in [0.15, 0.2) is 18.9 Å². The zero-order valence-electron chi connectivity index (χ0n) is 53.5. The van der Waals surface area contributed by atoms with Crippen molar-refractivity contribution in [1.29, 1.82) is 0 Å². The number of amides is 8. The van der Waals surface area contributed by atoms with Gasteiger partial charge in [-0.25, -0.2) is 0 Å². The fraction of sp³-hybridized carbons (Fsp3) is 0.855. The van der Waals surface area contributed by atoms with E-state index in [-0.39, 0.29) is 150 Å². The Morgan fingerprint density at radius 3 is 1.22 bits per heavy atom. The highest BCUT2D eigenvalue weighted by atomic mass is 32.5. The molecule has 4 rings (SSSR count). The minimum atomic E-state index is -3.91. The number of rotatable bonds is 43. The molecule has 4 aliphatic rings. The first-order valence-electron chi connectivity index (χ1n) is 31.2. The van der Waals surface area contributed by atoms with Crippen LogP contribution in [0.1, 0.15) is 59.3 Å². The van der Waals surface area contributed by atoms with E-state index < -0.39 is 172 Å². The number of carbonyl (C=O) groups is 8. The zero-order chi connectivity index (χ0) is 70.2. The van der Waals surface area contributed by atoms with Gasteiger partial charge in [-0.05, 0) is 37.5 Å². The minimum Gasteiger partial charge on any atom is -0.394 e. The third-order valence-electron chi connectivity index (χ3n) is 15.2. The molecular weight excluding hydrogens is 1310 g/mol. The summed E-state index contributed by atoms with van der Waals surface area (Å²) >= 11 is 4.57. The van der Waals surface area contributed by atoms with Crippen LogP contribution in [0.25, 0.3) is 0 Å². The molecule has 0 aromatic rings. The highest BCUT2D eigenvalue weighted by molar-refractivity contribution is 8.06. The van der Waals surface area contributed by atoms with Crippen LogP contribution in [-0.2, 0) is 97.3 Å². The molecule has 15 unspecified atom stereocenters. The van der Waals surface area contributed by atoms with Crippen LogP contribution in [0.15, 0.2) is 0 Å². The average molecular weight is 1410 g/mol. The molecule has 4 fully saturated rings. The lowest BCUT2D eigenvalue weighted by Crippen LogP contribution is -2.64. The summed E-state index contributed by atoms with van der Waals surface area (Å²) in [4.78, 5) is 126. The SMILES string of the molecule is CC(=O)NC1C(OCCOCCNC(=O)CN(CCCN(CC(=O)NCCOCCOC2OC(CO)C(O)C(O)C2NC(C)=O)C(=O)CCCC(=O)N2CCC(OP(O)(O)=S)CC2)CC(=O)NCCOCCOC2OC(CO)C(O)C(O)C2NC(C)=O)OC(CO)C(O)C1O. The van der Waals surface area contributed by atoms with Gasteiger partial charge < -0.3 is 145 Å². The lowest BCUT2D eigenvalue weighted by molar-refractivity contribution is -0.272. The Balaban J connectivity index is 1.35. The molecule has 0 aromatic heterocycles. The molecule has 0 aromatic carbocycles. The molecule has 4 aliphatic heterocycles. The lowest BCUT2D eigenvalue weighted by atomic mass is 9.97. The topological polar surface area (TPSA) is 533 Å². The van der Waals surface area contributed by atoms with Gasteiger partial charge in [-0.2, -0.15) is 0 Å². The van der Waals surface area contributed by atoms with E-state index in [4.69, 9.17) is 47.2 Å². The van der Waals surface area contributed by atoms with Crippen molar-refractivity contribution >= 4 is 65.8 Å². The van der Waals surface area contributed by atoms with Crippen LogP contribution in [0, 0.1) is 0 Å². The molecule has 0 spiro atoms.